The smallest absolute Gasteiger partial charge is 0.158 e. The fourth-order valence-corrected chi connectivity index (χ4v) is 2.56. The Hall–Kier alpha value is -1.36. The lowest BCUT2D eigenvalue weighted by Crippen LogP contribution is -2.22. The van der Waals surface area contributed by atoms with Gasteiger partial charge in [0, 0.05) is 32.8 Å². The van der Waals surface area contributed by atoms with Gasteiger partial charge in [0.05, 0.1) is 0 Å². The molecule has 2 rings (SSSR count). The van der Waals surface area contributed by atoms with Crippen molar-refractivity contribution in [1.82, 2.24) is 9.97 Å². The minimum Gasteiger partial charge on any atom is -0.377 e. The maximum Gasteiger partial charge on any atom is 0.158 e. The molecule has 1 unspecified atom stereocenters. The van der Waals surface area contributed by atoms with Crippen molar-refractivity contribution in [2.24, 2.45) is 5.92 Å². The highest BCUT2D eigenvalue weighted by Crippen LogP contribution is 2.25. The van der Waals surface area contributed by atoms with E-state index in [-0.39, 0.29) is 0 Å². The van der Waals surface area contributed by atoms with Crippen molar-refractivity contribution in [3.05, 3.63) is 11.9 Å². The topological polar surface area (TPSA) is 50.3 Å². The molecule has 0 aliphatic carbocycles. The molecule has 1 saturated heterocycles. The molecule has 1 aromatic heterocycles. The number of nitrogens with one attached hydrogen (secondary N) is 1. The van der Waals surface area contributed by atoms with E-state index < -0.39 is 0 Å². The Bertz CT molecular complexity index is 424. The fourth-order valence-electron chi connectivity index (χ4n) is 2.56. The zero-order valence-corrected chi connectivity index (χ0v) is 12.9. The molecule has 1 fully saturated rings. The Labute approximate surface area is 121 Å². The van der Waals surface area contributed by atoms with E-state index in [0.717, 1.165) is 49.4 Å². The van der Waals surface area contributed by atoms with Crippen LogP contribution in [0.25, 0.3) is 0 Å². The van der Waals surface area contributed by atoms with E-state index in [4.69, 9.17) is 4.74 Å². The first-order valence-corrected chi connectivity index (χ1v) is 7.62. The summed E-state index contributed by atoms with van der Waals surface area (Å²) < 4.78 is 5.18. The third-order valence-corrected chi connectivity index (χ3v) is 3.78. The summed E-state index contributed by atoms with van der Waals surface area (Å²) in [7, 11) is 1.68. The maximum atomic E-state index is 5.18. The van der Waals surface area contributed by atoms with Gasteiger partial charge >= 0.3 is 0 Å². The normalized spacial score (nSPS) is 18.6. The highest BCUT2D eigenvalue weighted by Gasteiger charge is 2.22. The number of anilines is 2. The Morgan fingerprint density at radius 2 is 2.25 bits per heavy atom. The van der Waals surface area contributed by atoms with Crippen LogP contribution in [0.3, 0.4) is 0 Å². The molecule has 0 amide bonds. The standard InChI is InChI=1S/C15H26N4O/c1-4-7-16-13-9-15(18-14(17-13)11-20-3)19-8-6-12(5-2)10-19/h9,12H,4-8,10-11H2,1-3H3,(H,16,17,18). The second-order valence-electron chi connectivity index (χ2n) is 5.40. The molecule has 1 N–H and O–H groups in total. The van der Waals surface area contributed by atoms with Crippen molar-refractivity contribution in [3.8, 4) is 0 Å². The number of ether oxygens (including phenoxy) is 1. The Kier molecular flexibility index (Phi) is 5.59. The van der Waals surface area contributed by atoms with Crippen molar-refractivity contribution in [3.63, 3.8) is 0 Å². The van der Waals surface area contributed by atoms with Gasteiger partial charge in [-0.2, -0.15) is 0 Å². The minimum absolute atomic E-state index is 0.458. The Morgan fingerprint density at radius 3 is 2.90 bits per heavy atom. The number of nitrogens with zero attached hydrogens (tertiary/aromatic N) is 3. The summed E-state index contributed by atoms with van der Waals surface area (Å²) >= 11 is 0. The highest BCUT2D eigenvalue weighted by molar-refractivity contribution is 5.50. The van der Waals surface area contributed by atoms with Crippen molar-refractivity contribution in [1.29, 1.82) is 0 Å². The molecule has 0 saturated carbocycles. The second-order valence-corrected chi connectivity index (χ2v) is 5.40. The van der Waals surface area contributed by atoms with Crippen LogP contribution in [-0.2, 0) is 11.3 Å². The maximum absolute atomic E-state index is 5.18. The molecular formula is C15H26N4O. The molecule has 1 aliphatic heterocycles. The molecule has 20 heavy (non-hydrogen) atoms. The van der Waals surface area contributed by atoms with E-state index in [1.54, 1.807) is 7.11 Å². The van der Waals surface area contributed by atoms with Crippen LogP contribution in [0.4, 0.5) is 11.6 Å². The van der Waals surface area contributed by atoms with Crippen LogP contribution >= 0.6 is 0 Å². The highest BCUT2D eigenvalue weighted by atomic mass is 16.5. The summed E-state index contributed by atoms with van der Waals surface area (Å²) in [5, 5.41) is 3.35. The fraction of sp³-hybridized carbons (Fsp3) is 0.733. The number of hydrogen-bond donors (Lipinski definition) is 1. The van der Waals surface area contributed by atoms with Crippen LogP contribution in [0.2, 0.25) is 0 Å². The van der Waals surface area contributed by atoms with Crippen LogP contribution in [0.15, 0.2) is 6.07 Å². The molecule has 0 spiro atoms. The molecule has 5 nitrogen and oxygen atoms in total. The molecule has 112 valence electrons. The summed E-state index contributed by atoms with van der Waals surface area (Å²) in [4.78, 5) is 11.5. The van der Waals surface area contributed by atoms with Gasteiger partial charge in [0.2, 0.25) is 0 Å². The van der Waals surface area contributed by atoms with E-state index in [9.17, 15) is 0 Å². The average molecular weight is 278 g/mol. The van der Waals surface area contributed by atoms with E-state index in [1.807, 2.05) is 0 Å². The van der Waals surface area contributed by atoms with Crippen molar-refractivity contribution in [2.75, 3.05) is 37.0 Å². The van der Waals surface area contributed by atoms with Gasteiger partial charge < -0.3 is 15.0 Å². The predicted molar refractivity (Wildman–Crippen MR) is 82.1 cm³/mol. The number of aromatic nitrogens is 2. The summed E-state index contributed by atoms with van der Waals surface area (Å²) in [5.41, 5.74) is 0. The summed E-state index contributed by atoms with van der Waals surface area (Å²) in [6.07, 6.45) is 3.59. The van der Waals surface area contributed by atoms with Gasteiger partial charge in [-0.05, 0) is 18.8 Å². The molecule has 0 radical (unpaired) electrons. The zero-order chi connectivity index (χ0) is 14.4. The average Bonchev–Trinajstić information content (AvgIpc) is 2.94. The monoisotopic (exact) mass is 278 g/mol. The van der Waals surface area contributed by atoms with Crippen LogP contribution in [0.1, 0.15) is 38.9 Å². The largest absolute Gasteiger partial charge is 0.377 e. The van der Waals surface area contributed by atoms with Gasteiger partial charge in [0.15, 0.2) is 5.82 Å². The molecular weight excluding hydrogens is 252 g/mol. The van der Waals surface area contributed by atoms with Gasteiger partial charge in [-0.25, -0.2) is 9.97 Å². The zero-order valence-electron chi connectivity index (χ0n) is 12.9. The van der Waals surface area contributed by atoms with E-state index in [0.29, 0.717) is 6.61 Å². The van der Waals surface area contributed by atoms with Gasteiger partial charge in [-0.1, -0.05) is 20.3 Å². The number of methoxy groups -OCH3 is 1. The molecule has 0 aromatic carbocycles. The van der Waals surface area contributed by atoms with Gasteiger partial charge in [-0.15, -0.1) is 0 Å². The lowest BCUT2D eigenvalue weighted by molar-refractivity contribution is 0.178. The van der Waals surface area contributed by atoms with Crippen molar-refractivity contribution >= 4 is 11.6 Å². The third kappa shape index (κ3) is 3.82. The lowest BCUT2D eigenvalue weighted by atomic mass is 10.1. The van der Waals surface area contributed by atoms with Crippen LogP contribution in [0, 0.1) is 5.92 Å². The lowest BCUT2D eigenvalue weighted by Gasteiger charge is -2.19. The number of rotatable bonds is 7. The quantitative estimate of drug-likeness (QED) is 0.831. The summed E-state index contributed by atoms with van der Waals surface area (Å²) in [5.74, 6) is 3.48. The first-order chi connectivity index (χ1) is 9.76. The summed E-state index contributed by atoms with van der Waals surface area (Å²) in [6, 6.07) is 2.06. The first-order valence-electron chi connectivity index (χ1n) is 7.62. The van der Waals surface area contributed by atoms with Gasteiger partial charge in [0.1, 0.15) is 18.2 Å². The molecule has 5 heteroatoms. The van der Waals surface area contributed by atoms with E-state index in [2.05, 4.69) is 40.1 Å². The van der Waals surface area contributed by atoms with Gasteiger partial charge in [-0.3, -0.25) is 0 Å². The van der Waals surface area contributed by atoms with Gasteiger partial charge in [0.25, 0.3) is 0 Å². The first kappa shape index (κ1) is 15.0. The summed E-state index contributed by atoms with van der Waals surface area (Å²) in [6.45, 7) is 8.00. The molecule has 1 atom stereocenters. The van der Waals surface area contributed by atoms with Crippen LogP contribution in [0.5, 0.6) is 0 Å². The molecule has 1 aliphatic rings. The predicted octanol–water partition coefficient (Wildman–Crippen LogP) is 2.68. The van der Waals surface area contributed by atoms with E-state index >= 15 is 0 Å². The molecule has 2 heterocycles. The second kappa shape index (κ2) is 7.43. The van der Waals surface area contributed by atoms with Crippen molar-refractivity contribution < 1.29 is 4.74 Å². The van der Waals surface area contributed by atoms with E-state index in [1.165, 1.54) is 12.8 Å². The minimum atomic E-state index is 0.458. The SMILES string of the molecule is CCCNc1cc(N2CCC(CC)C2)nc(COC)n1. The van der Waals surface area contributed by atoms with Crippen LogP contribution in [-0.4, -0.2) is 36.7 Å². The number of hydrogen-bond acceptors (Lipinski definition) is 5. The molecule has 1 aromatic rings. The molecule has 0 bridgehead atoms. The van der Waals surface area contributed by atoms with Crippen molar-refractivity contribution in [2.45, 2.75) is 39.7 Å². The van der Waals surface area contributed by atoms with Crippen LogP contribution < -0.4 is 10.2 Å². The Morgan fingerprint density at radius 1 is 1.40 bits per heavy atom. The third-order valence-electron chi connectivity index (χ3n) is 3.78. The Balaban J connectivity index is 2.15.